The number of hydrogen-bond donors (Lipinski definition) is 1. The third-order valence-electron chi connectivity index (χ3n) is 4.42. The summed E-state index contributed by atoms with van der Waals surface area (Å²) in [5.74, 6) is -0.827. The third-order valence-corrected chi connectivity index (χ3v) is 4.67. The molecule has 1 aliphatic rings. The summed E-state index contributed by atoms with van der Waals surface area (Å²) < 4.78 is 5.27. The number of carbonyl (C=O) groups excluding carboxylic acids is 2. The van der Waals surface area contributed by atoms with Crippen molar-refractivity contribution in [2.24, 2.45) is 0 Å². The van der Waals surface area contributed by atoms with E-state index >= 15 is 0 Å². The number of fused-ring (bicyclic) bond motifs is 1. The van der Waals surface area contributed by atoms with Crippen LogP contribution in [0.5, 0.6) is 0 Å². The molecule has 0 radical (unpaired) electrons. The predicted molar refractivity (Wildman–Crippen MR) is 96.6 cm³/mol. The van der Waals surface area contributed by atoms with Gasteiger partial charge in [-0.1, -0.05) is 35.9 Å². The minimum Gasteiger partial charge on any atom is -0.449 e. The molecule has 130 valence electrons. The second kappa shape index (κ2) is 7.70. The second-order valence-corrected chi connectivity index (χ2v) is 6.64. The van der Waals surface area contributed by atoms with Crippen LogP contribution in [0.3, 0.4) is 0 Å². The van der Waals surface area contributed by atoms with Gasteiger partial charge in [0.05, 0.1) is 11.6 Å². The topological polar surface area (TPSA) is 55.4 Å². The largest absolute Gasteiger partial charge is 0.449 e. The van der Waals surface area contributed by atoms with Gasteiger partial charge >= 0.3 is 5.97 Å². The molecule has 3 rings (SSSR count). The lowest BCUT2D eigenvalue weighted by Crippen LogP contribution is -2.39. The van der Waals surface area contributed by atoms with Gasteiger partial charge in [0.15, 0.2) is 6.10 Å². The predicted octanol–water partition coefficient (Wildman–Crippen LogP) is 4.08. The maximum Gasteiger partial charge on any atom is 0.338 e. The van der Waals surface area contributed by atoms with Crippen molar-refractivity contribution in [3.8, 4) is 0 Å². The Morgan fingerprint density at radius 3 is 2.64 bits per heavy atom. The molecule has 0 bridgehead atoms. The molecule has 2 aromatic carbocycles. The smallest absolute Gasteiger partial charge is 0.338 e. The Bertz CT molecular complexity index is 773. The van der Waals surface area contributed by atoms with Crippen LogP contribution in [-0.4, -0.2) is 18.0 Å². The van der Waals surface area contributed by atoms with Crippen molar-refractivity contribution in [2.45, 2.75) is 38.3 Å². The Morgan fingerprint density at radius 1 is 1.16 bits per heavy atom. The Morgan fingerprint density at radius 2 is 1.88 bits per heavy atom. The summed E-state index contributed by atoms with van der Waals surface area (Å²) in [6.45, 7) is 1.58. The highest BCUT2D eigenvalue weighted by molar-refractivity contribution is 6.30. The summed E-state index contributed by atoms with van der Waals surface area (Å²) in [6, 6.07) is 14.5. The van der Waals surface area contributed by atoms with Crippen LogP contribution >= 0.6 is 11.6 Å². The molecule has 1 N–H and O–H groups in total. The number of carbonyl (C=O) groups is 2. The summed E-state index contributed by atoms with van der Waals surface area (Å²) >= 11 is 5.81. The molecule has 0 aromatic heterocycles. The molecule has 0 fully saturated rings. The molecule has 0 heterocycles. The number of esters is 1. The molecular weight excluding hydrogens is 338 g/mol. The van der Waals surface area contributed by atoms with Gasteiger partial charge < -0.3 is 10.1 Å². The Balaban J connectivity index is 1.62. The zero-order valence-electron chi connectivity index (χ0n) is 14.0. The Labute approximate surface area is 152 Å². The first kappa shape index (κ1) is 17.5. The van der Waals surface area contributed by atoms with Crippen molar-refractivity contribution >= 4 is 23.5 Å². The SMILES string of the molecule is C[C@@H](OC(=O)c1ccc(Cl)cc1)C(=O)N[C@@H]1CCCc2ccccc21. The van der Waals surface area contributed by atoms with Crippen LogP contribution in [-0.2, 0) is 16.0 Å². The number of aryl methyl sites for hydroxylation is 1. The average Bonchev–Trinajstić information content (AvgIpc) is 2.62. The standard InChI is InChI=1S/C20H20ClNO3/c1-13(25-20(24)15-9-11-16(21)12-10-15)19(23)22-18-8-4-6-14-5-2-3-7-17(14)18/h2-3,5,7,9-13,18H,4,6,8H2,1H3,(H,22,23)/t13-,18-/m1/s1. The van der Waals surface area contributed by atoms with E-state index in [9.17, 15) is 9.59 Å². The first-order valence-electron chi connectivity index (χ1n) is 8.39. The van der Waals surface area contributed by atoms with Crippen LogP contribution in [0.2, 0.25) is 5.02 Å². The Kier molecular flexibility index (Phi) is 5.39. The molecule has 2 aromatic rings. The van der Waals surface area contributed by atoms with Crippen LogP contribution in [0.15, 0.2) is 48.5 Å². The highest BCUT2D eigenvalue weighted by Crippen LogP contribution is 2.29. The van der Waals surface area contributed by atoms with Crippen molar-refractivity contribution in [1.29, 1.82) is 0 Å². The summed E-state index contributed by atoms with van der Waals surface area (Å²) in [4.78, 5) is 24.5. The molecule has 0 saturated heterocycles. The van der Waals surface area contributed by atoms with Gasteiger partial charge in [0.25, 0.3) is 5.91 Å². The quantitative estimate of drug-likeness (QED) is 0.839. The summed E-state index contributed by atoms with van der Waals surface area (Å²) in [5.41, 5.74) is 2.79. The van der Waals surface area contributed by atoms with Crippen LogP contribution in [0, 0.1) is 0 Å². The molecule has 0 aliphatic heterocycles. The first-order chi connectivity index (χ1) is 12.0. The number of rotatable bonds is 4. The molecule has 25 heavy (non-hydrogen) atoms. The van der Waals surface area contributed by atoms with E-state index in [0.717, 1.165) is 24.8 Å². The van der Waals surface area contributed by atoms with E-state index in [4.69, 9.17) is 16.3 Å². The van der Waals surface area contributed by atoms with E-state index in [-0.39, 0.29) is 11.9 Å². The summed E-state index contributed by atoms with van der Waals surface area (Å²) in [5, 5.41) is 3.54. The fourth-order valence-electron chi connectivity index (χ4n) is 3.06. The first-order valence-corrected chi connectivity index (χ1v) is 8.77. The van der Waals surface area contributed by atoms with Gasteiger partial charge in [-0.25, -0.2) is 4.79 Å². The number of halogens is 1. The van der Waals surface area contributed by atoms with Gasteiger partial charge in [-0.15, -0.1) is 0 Å². The van der Waals surface area contributed by atoms with E-state index in [1.54, 1.807) is 31.2 Å². The monoisotopic (exact) mass is 357 g/mol. The molecule has 0 spiro atoms. The van der Waals surface area contributed by atoms with Crippen molar-refractivity contribution in [3.63, 3.8) is 0 Å². The molecule has 2 atom stereocenters. The van der Waals surface area contributed by atoms with Crippen molar-refractivity contribution in [1.82, 2.24) is 5.32 Å². The minimum absolute atomic E-state index is 0.0332. The second-order valence-electron chi connectivity index (χ2n) is 6.21. The lowest BCUT2D eigenvalue weighted by atomic mass is 9.87. The van der Waals surface area contributed by atoms with Crippen molar-refractivity contribution < 1.29 is 14.3 Å². The van der Waals surface area contributed by atoms with Gasteiger partial charge in [0, 0.05) is 5.02 Å². The van der Waals surface area contributed by atoms with Gasteiger partial charge in [-0.2, -0.15) is 0 Å². The zero-order valence-corrected chi connectivity index (χ0v) is 14.8. The number of ether oxygens (including phenoxy) is 1. The molecule has 1 amide bonds. The van der Waals surface area contributed by atoms with Crippen LogP contribution in [0.4, 0.5) is 0 Å². The zero-order chi connectivity index (χ0) is 17.8. The number of amides is 1. The fourth-order valence-corrected chi connectivity index (χ4v) is 3.19. The van der Waals surface area contributed by atoms with Gasteiger partial charge in [-0.3, -0.25) is 4.79 Å². The Hall–Kier alpha value is -2.33. The van der Waals surface area contributed by atoms with Gasteiger partial charge in [0.2, 0.25) is 0 Å². The molecular formula is C20H20ClNO3. The van der Waals surface area contributed by atoms with Crippen molar-refractivity contribution in [3.05, 3.63) is 70.2 Å². The van der Waals surface area contributed by atoms with Crippen LogP contribution in [0.1, 0.15) is 47.3 Å². The summed E-state index contributed by atoms with van der Waals surface area (Å²) in [7, 11) is 0. The molecule has 5 heteroatoms. The van der Waals surface area contributed by atoms with E-state index in [2.05, 4.69) is 11.4 Å². The van der Waals surface area contributed by atoms with Gasteiger partial charge in [0.1, 0.15) is 0 Å². The van der Waals surface area contributed by atoms with Crippen molar-refractivity contribution in [2.75, 3.05) is 0 Å². The molecule has 1 aliphatic carbocycles. The highest BCUT2D eigenvalue weighted by Gasteiger charge is 2.25. The average molecular weight is 358 g/mol. The number of benzene rings is 2. The third kappa shape index (κ3) is 4.20. The fraction of sp³-hybridized carbons (Fsp3) is 0.300. The van der Waals surface area contributed by atoms with E-state index in [1.807, 2.05) is 18.2 Å². The van der Waals surface area contributed by atoms with Crippen LogP contribution < -0.4 is 5.32 Å². The normalized spacial score (nSPS) is 17.3. The minimum atomic E-state index is -0.864. The van der Waals surface area contributed by atoms with Crippen LogP contribution in [0.25, 0.3) is 0 Å². The maximum atomic E-state index is 12.4. The lowest BCUT2D eigenvalue weighted by Gasteiger charge is -2.27. The molecule has 4 nitrogen and oxygen atoms in total. The number of hydrogen-bond acceptors (Lipinski definition) is 3. The van der Waals surface area contributed by atoms with E-state index in [1.165, 1.54) is 5.56 Å². The lowest BCUT2D eigenvalue weighted by molar-refractivity contribution is -0.130. The number of nitrogens with one attached hydrogen (secondary N) is 1. The molecule has 0 unspecified atom stereocenters. The highest BCUT2D eigenvalue weighted by atomic mass is 35.5. The maximum absolute atomic E-state index is 12.4. The summed E-state index contributed by atoms with van der Waals surface area (Å²) in [6.07, 6.45) is 2.09. The van der Waals surface area contributed by atoms with Gasteiger partial charge in [-0.05, 0) is 61.6 Å². The molecule has 0 saturated carbocycles. The van der Waals surface area contributed by atoms with E-state index < -0.39 is 12.1 Å². The van der Waals surface area contributed by atoms with E-state index in [0.29, 0.717) is 10.6 Å².